The Balaban J connectivity index is 1.65. The van der Waals surface area contributed by atoms with Gasteiger partial charge in [-0.15, -0.1) is 11.8 Å². The highest BCUT2D eigenvalue weighted by Gasteiger charge is 2.20. The molecule has 3 rings (SSSR count). The van der Waals surface area contributed by atoms with Gasteiger partial charge in [0.05, 0.1) is 16.4 Å². The van der Waals surface area contributed by atoms with E-state index in [2.05, 4.69) is 14.9 Å². The predicted octanol–water partition coefficient (Wildman–Crippen LogP) is 2.63. The molecule has 0 amide bonds. The number of hydrogen-bond donors (Lipinski definition) is 0. The van der Waals surface area contributed by atoms with Crippen molar-refractivity contribution >= 4 is 38.6 Å². The molecular weight excluding hydrogens is 370 g/mol. The molecule has 130 valence electrons. The molecule has 0 unspecified atom stereocenters. The molecule has 11 heteroatoms. The van der Waals surface area contributed by atoms with Crippen LogP contribution in [0.15, 0.2) is 56.9 Å². The normalized spacial score (nSPS) is 11.7. The van der Waals surface area contributed by atoms with Gasteiger partial charge < -0.3 is 0 Å². The summed E-state index contributed by atoms with van der Waals surface area (Å²) >= 11 is 1.24. The number of hydrogen-bond acceptors (Lipinski definition) is 9. The van der Waals surface area contributed by atoms with Crippen LogP contribution < -0.4 is 0 Å². The number of benzene rings is 2. The molecule has 0 aliphatic carbocycles. The Bertz CT molecular complexity index is 1000. The predicted molar refractivity (Wildman–Crippen MR) is 88.8 cm³/mol. The van der Waals surface area contributed by atoms with E-state index in [1.54, 1.807) is 18.2 Å². The van der Waals surface area contributed by atoms with Crippen LogP contribution in [0.4, 0.5) is 5.69 Å². The molecule has 1 aromatic heterocycles. The monoisotopic (exact) mass is 381 g/mol. The molecule has 25 heavy (non-hydrogen) atoms. The van der Waals surface area contributed by atoms with Crippen molar-refractivity contribution in [1.29, 1.82) is 0 Å². The van der Waals surface area contributed by atoms with E-state index in [4.69, 9.17) is 4.18 Å². The summed E-state index contributed by atoms with van der Waals surface area (Å²) in [5.41, 5.74) is 0.0986. The first-order valence-corrected chi connectivity index (χ1v) is 9.35. The van der Waals surface area contributed by atoms with Crippen molar-refractivity contribution in [3.63, 3.8) is 0 Å². The van der Waals surface area contributed by atoms with E-state index < -0.39 is 15.0 Å². The summed E-state index contributed by atoms with van der Waals surface area (Å²) in [7, 11) is -3.81. The van der Waals surface area contributed by atoms with Crippen LogP contribution in [0, 0.1) is 10.1 Å². The molecule has 1 heterocycles. The maximum absolute atomic E-state index is 12.0. The lowest BCUT2D eigenvalue weighted by atomic mass is 10.3. The summed E-state index contributed by atoms with van der Waals surface area (Å²) in [6.45, 7) is -0.0638. The Morgan fingerprint density at radius 2 is 1.84 bits per heavy atom. The van der Waals surface area contributed by atoms with E-state index >= 15 is 0 Å². The van der Waals surface area contributed by atoms with Crippen molar-refractivity contribution in [3.05, 3.63) is 52.6 Å². The number of rotatable bonds is 7. The first kappa shape index (κ1) is 17.3. The second-order valence-electron chi connectivity index (χ2n) is 4.74. The fourth-order valence-corrected chi connectivity index (χ4v) is 3.90. The van der Waals surface area contributed by atoms with E-state index in [-0.39, 0.29) is 28.2 Å². The highest BCUT2D eigenvalue weighted by Crippen LogP contribution is 2.31. The molecule has 9 nitrogen and oxygen atoms in total. The number of nitrogens with zero attached hydrogens (tertiary/aromatic N) is 3. The molecule has 3 aromatic rings. The largest absolute Gasteiger partial charge is 0.300 e. The van der Waals surface area contributed by atoms with Crippen molar-refractivity contribution < 1.29 is 22.2 Å². The Morgan fingerprint density at radius 3 is 2.56 bits per heavy atom. The lowest BCUT2D eigenvalue weighted by Gasteiger charge is -2.05. The van der Waals surface area contributed by atoms with Gasteiger partial charge in [0, 0.05) is 16.7 Å². The third-order valence-electron chi connectivity index (χ3n) is 3.17. The summed E-state index contributed by atoms with van der Waals surface area (Å²) in [6, 6.07) is 10.6. The van der Waals surface area contributed by atoms with Crippen molar-refractivity contribution in [3.8, 4) is 0 Å². The number of non-ortho nitro benzene ring substituents is 1. The summed E-state index contributed by atoms with van der Waals surface area (Å²) < 4.78 is 33.5. The van der Waals surface area contributed by atoms with E-state index in [9.17, 15) is 18.5 Å². The number of aromatic nitrogens is 2. The zero-order valence-electron chi connectivity index (χ0n) is 12.6. The summed E-state index contributed by atoms with van der Waals surface area (Å²) in [5.74, 6) is 0.297. The standard InChI is InChI=1S/C14H11N3O6S2/c18-17(19)11-6-7-12(14-13(11)15-23-16-14)24-9-8-22-25(20,21)10-4-2-1-3-5-10/h1-7H,8-9H2. The zero-order chi connectivity index (χ0) is 17.9. The van der Waals surface area contributed by atoms with Crippen LogP contribution in [0.2, 0.25) is 0 Å². The quantitative estimate of drug-likeness (QED) is 0.199. The minimum Gasteiger partial charge on any atom is -0.265 e. The van der Waals surface area contributed by atoms with E-state index in [1.165, 1.54) is 36.0 Å². The molecule has 0 spiro atoms. The van der Waals surface area contributed by atoms with Crippen LogP contribution >= 0.6 is 11.8 Å². The van der Waals surface area contributed by atoms with Crippen molar-refractivity contribution in [2.24, 2.45) is 0 Å². The number of nitro benzene ring substituents is 1. The van der Waals surface area contributed by atoms with Gasteiger partial charge in [-0.3, -0.25) is 14.3 Å². The first-order chi connectivity index (χ1) is 12.0. The van der Waals surface area contributed by atoms with Crippen LogP contribution in [-0.4, -0.2) is 36.0 Å². The van der Waals surface area contributed by atoms with Gasteiger partial charge in [0.1, 0.15) is 0 Å². The van der Waals surface area contributed by atoms with Crippen LogP contribution in [0.3, 0.4) is 0 Å². The summed E-state index contributed by atoms with van der Waals surface area (Å²) in [5, 5.41) is 18.1. The molecule has 0 saturated carbocycles. The van der Waals surface area contributed by atoms with Crippen LogP contribution in [0.5, 0.6) is 0 Å². The average molecular weight is 381 g/mol. The lowest BCUT2D eigenvalue weighted by molar-refractivity contribution is -0.383. The zero-order valence-corrected chi connectivity index (χ0v) is 14.2. The third-order valence-corrected chi connectivity index (χ3v) is 5.50. The molecule has 0 aliphatic heterocycles. The lowest BCUT2D eigenvalue weighted by Crippen LogP contribution is -2.08. The maximum atomic E-state index is 12.0. The second-order valence-corrected chi connectivity index (χ2v) is 7.49. The molecule has 0 N–H and O–H groups in total. The van der Waals surface area contributed by atoms with Gasteiger partial charge in [0.25, 0.3) is 10.1 Å². The van der Waals surface area contributed by atoms with Crippen molar-refractivity contribution in [2.75, 3.05) is 12.4 Å². The van der Waals surface area contributed by atoms with Gasteiger partial charge in [-0.25, -0.2) is 4.63 Å². The smallest absolute Gasteiger partial charge is 0.265 e. The number of thioether (sulfide) groups is 1. The van der Waals surface area contributed by atoms with Gasteiger partial charge in [0.2, 0.25) is 5.52 Å². The van der Waals surface area contributed by atoms with E-state index in [0.29, 0.717) is 10.6 Å². The minimum atomic E-state index is -3.81. The first-order valence-electron chi connectivity index (χ1n) is 6.96. The minimum absolute atomic E-state index is 0.0489. The topological polar surface area (TPSA) is 125 Å². The SMILES string of the molecule is O=[N+]([O-])c1ccc(SCCOS(=O)(=O)c2ccccc2)c2nonc12. The van der Waals surface area contributed by atoms with Gasteiger partial charge in [-0.1, -0.05) is 18.2 Å². The van der Waals surface area contributed by atoms with Gasteiger partial charge in [-0.2, -0.15) is 8.42 Å². The highest BCUT2D eigenvalue weighted by atomic mass is 32.2. The van der Waals surface area contributed by atoms with Crippen molar-refractivity contribution in [2.45, 2.75) is 9.79 Å². The molecule has 0 fully saturated rings. The maximum Gasteiger partial charge on any atom is 0.300 e. The molecule has 0 saturated heterocycles. The second kappa shape index (κ2) is 7.17. The van der Waals surface area contributed by atoms with E-state index in [0.717, 1.165) is 0 Å². The number of fused-ring (bicyclic) bond motifs is 1. The van der Waals surface area contributed by atoms with Gasteiger partial charge in [-0.05, 0) is 28.5 Å². The molecule has 0 radical (unpaired) electrons. The fourth-order valence-electron chi connectivity index (χ4n) is 2.05. The Hall–Kier alpha value is -2.50. The van der Waals surface area contributed by atoms with Crippen LogP contribution in [0.25, 0.3) is 11.0 Å². The van der Waals surface area contributed by atoms with Crippen molar-refractivity contribution in [1.82, 2.24) is 10.3 Å². The molecule has 2 aromatic carbocycles. The molecule has 0 aliphatic rings. The highest BCUT2D eigenvalue weighted by molar-refractivity contribution is 7.99. The average Bonchev–Trinajstić information content (AvgIpc) is 3.09. The molecule has 0 atom stereocenters. The van der Waals surface area contributed by atoms with Gasteiger partial charge >= 0.3 is 5.69 Å². The van der Waals surface area contributed by atoms with E-state index in [1.807, 2.05) is 0 Å². The third kappa shape index (κ3) is 3.78. The fraction of sp³-hybridized carbons (Fsp3) is 0.143. The number of nitro groups is 1. The Kier molecular flexibility index (Phi) is 4.97. The van der Waals surface area contributed by atoms with Gasteiger partial charge in [0.15, 0.2) is 5.52 Å². The Morgan fingerprint density at radius 1 is 1.12 bits per heavy atom. The molecular formula is C14H11N3O6S2. The summed E-state index contributed by atoms with van der Waals surface area (Å²) in [6.07, 6.45) is 0. The Labute approximate surface area is 146 Å². The molecule has 0 bridgehead atoms. The summed E-state index contributed by atoms with van der Waals surface area (Å²) in [4.78, 5) is 11.0. The van der Waals surface area contributed by atoms with Crippen LogP contribution in [0.1, 0.15) is 0 Å². The van der Waals surface area contributed by atoms with Crippen LogP contribution in [-0.2, 0) is 14.3 Å².